The third kappa shape index (κ3) is 3.13. The first kappa shape index (κ1) is 15.4. The van der Waals surface area contributed by atoms with Gasteiger partial charge in [0.05, 0.1) is 12.5 Å². The number of rotatable bonds is 4. The highest BCUT2D eigenvalue weighted by Crippen LogP contribution is 2.39. The van der Waals surface area contributed by atoms with Gasteiger partial charge in [-0.1, -0.05) is 18.2 Å². The van der Waals surface area contributed by atoms with Gasteiger partial charge >= 0.3 is 5.97 Å². The molecule has 22 heavy (non-hydrogen) atoms. The van der Waals surface area contributed by atoms with E-state index in [9.17, 15) is 14.7 Å². The standard InChI is InChI=1S/C16H19NO4S/c18-15(12-9-22-13-6-2-1-5-11(12)13)17-14(16(19)20)10-4-3-7-21-8-10/h1-2,5-6,10,12,14H,3-4,7-9H2,(H,17,18)(H,19,20). The second kappa shape index (κ2) is 6.71. The third-order valence-corrected chi connectivity index (χ3v) is 5.43. The van der Waals surface area contributed by atoms with E-state index in [1.807, 2.05) is 24.3 Å². The molecule has 1 saturated heterocycles. The molecule has 2 N–H and O–H groups in total. The lowest BCUT2D eigenvalue weighted by atomic mass is 9.92. The van der Waals surface area contributed by atoms with Crippen molar-refractivity contribution >= 4 is 23.6 Å². The number of nitrogens with one attached hydrogen (secondary N) is 1. The van der Waals surface area contributed by atoms with Crippen LogP contribution >= 0.6 is 11.8 Å². The molecule has 3 atom stereocenters. The van der Waals surface area contributed by atoms with Crippen molar-refractivity contribution in [1.29, 1.82) is 0 Å². The molecule has 5 nitrogen and oxygen atoms in total. The summed E-state index contributed by atoms with van der Waals surface area (Å²) in [5.74, 6) is -0.941. The van der Waals surface area contributed by atoms with Gasteiger partial charge < -0.3 is 15.2 Å². The molecular weight excluding hydrogens is 302 g/mol. The highest BCUT2D eigenvalue weighted by Gasteiger charge is 2.35. The van der Waals surface area contributed by atoms with E-state index in [4.69, 9.17) is 4.74 Å². The lowest BCUT2D eigenvalue weighted by Crippen LogP contribution is -2.49. The Labute approximate surface area is 133 Å². The van der Waals surface area contributed by atoms with Gasteiger partial charge in [0.2, 0.25) is 5.91 Å². The second-order valence-corrected chi connectivity index (χ2v) is 6.76. The van der Waals surface area contributed by atoms with E-state index in [-0.39, 0.29) is 17.7 Å². The van der Waals surface area contributed by atoms with Crippen molar-refractivity contribution in [2.45, 2.75) is 29.7 Å². The molecule has 1 aromatic rings. The summed E-state index contributed by atoms with van der Waals surface area (Å²) in [5, 5.41) is 12.2. The molecule has 0 spiro atoms. The van der Waals surface area contributed by atoms with Gasteiger partial charge in [0.25, 0.3) is 0 Å². The van der Waals surface area contributed by atoms with E-state index in [0.717, 1.165) is 23.3 Å². The van der Waals surface area contributed by atoms with Crippen molar-refractivity contribution in [1.82, 2.24) is 5.32 Å². The number of amides is 1. The largest absolute Gasteiger partial charge is 0.480 e. The van der Waals surface area contributed by atoms with Crippen LogP contribution in [0.3, 0.4) is 0 Å². The number of carboxylic acid groups (broad SMARTS) is 1. The van der Waals surface area contributed by atoms with Crippen LogP contribution < -0.4 is 5.32 Å². The molecule has 0 saturated carbocycles. The molecular formula is C16H19NO4S. The van der Waals surface area contributed by atoms with Crippen LogP contribution in [0.1, 0.15) is 24.3 Å². The molecule has 1 amide bonds. The Kier molecular flexibility index (Phi) is 4.69. The Morgan fingerprint density at radius 2 is 2.18 bits per heavy atom. The molecule has 1 fully saturated rings. The summed E-state index contributed by atoms with van der Waals surface area (Å²) in [7, 11) is 0. The van der Waals surface area contributed by atoms with Crippen LogP contribution in [0.2, 0.25) is 0 Å². The minimum Gasteiger partial charge on any atom is -0.480 e. The predicted octanol–water partition coefficient (Wildman–Crippen LogP) is 1.87. The van der Waals surface area contributed by atoms with Crippen LogP contribution in [0.25, 0.3) is 0 Å². The fourth-order valence-electron chi connectivity index (χ4n) is 3.04. The Bertz CT molecular complexity index is 571. The maximum Gasteiger partial charge on any atom is 0.326 e. The van der Waals surface area contributed by atoms with Gasteiger partial charge in [0.1, 0.15) is 6.04 Å². The topological polar surface area (TPSA) is 75.6 Å². The van der Waals surface area contributed by atoms with Gasteiger partial charge in [0.15, 0.2) is 0 Å². The van der Waals surface area contributed by atoms with Crippen LogP contribution in [-0.2, 0) is 14.3 Å². The molecule has 2 aliphatic heterocycles. The van der Waals surface area contributed by atoms with Gasteiger partial charge in [-0.2, -0.15) is 0 Å². The van der Waals surface area contributed by atoms with Crippen LogP contribution in [0.15, 0.2) is 29.2 Å². The first-order chi connectivity index (χ1) is 10.7. The maximum atomic E-state index is 12.5. The van der Waals surface area contributed by atoms with Crippen molar-refractivity contribution in [2.24, 2.45) is 5.92 Å². The Morgan fingerprint density at radius 3 is 2.91 bits per heavy atom. The van der Waals surface area contributed by atoms with Gasteiger partial charge in [0, 0.05) is 23.2 Å². The number of benzene rings is 1. The summed E-state index contributed by atoms with van der Waals surface area (Å²) >= 11 is 1.64. The Morgan fingerprint density at radius 1 is 1.36 bits per heavy atom. The minimum absolute atomic E-state index is 0.153. The van der Waals surface area contributed by atoms with Crippen LogP contribution in [0, 0.1) is 5.92 Å². The van der Waals surface area contributed by atoms with Crippen LogP contribution in [-0.4, -0.2) is 42.0 Å². The molecule has 0 bridgehead atoms. The molecule has 118 valence electrons. The van der Waals surface area contributed by atoms with E-state index in [0.29, 0.717) is 19.0 Å². The van der Waals surface area contributed by atoms with Crippen molar-refractivity contribution in [3.63, 3.8) is 0 Å². The summed E-state index contributed by atoms with van der Waals surface area (Å²) in [6.45, 7) is 1.07. The van der Waals surface area contributed by atoms with Gasteiger partial charge in [-0.25, -0.2) is 4.79 Å². The summed E-state index contributed by atoms with van der Waals surface area (Å²) < 4.78 is 5.36. The smallest absolute Gasteiger partial charge is 0.326 e. The van der Waals surface area contributed by atoms with Gasteiger partial charge in [-0.15, -0.1) is 11.8 Å². The highest BCUT2D eigenvalue weighted by atomic mass is 32.2. The molecule has 3 unspecified atom stereocenters. The number of fused-ring (bicyclic) bond motifs is 1. The lowest BCUT2D eigenvalue weighted by Gasteiger charge is -2.28. The van der Waals surface area contributed by atoms with Crippen molar-refractivity contribution in [3.05, 3.63) is 29.8 Å². The number of hydrogen-bond acceptors (Lipinski definition) is 4. The lowest BCUT2D eigenvalue weighted by molar-refractivity contribution is -0.145. The molecule has 2 heterocycles. The van der Waals surface area contributed by atoms with Gasteiger partial charge in [-0.3, -0.25) is 4.79 Å². The zero-order chi connectivity index (χ0) is 15.5. The summed E-state index contributed by atoms with van der Waals surface area (Å²) in [6.07, 6.45) is 1.61. The monoisotopic (exact) mass is 321 g/mol. The number of hydrogen-bond donors (Lipinski definition) is 2. The number of carboxylic acids is 1. The molecule has 1 aromatic carbocycles. The molecule has 0 radical (unpaired) electrons. The molecule has 6 heteroatoms. The average Bonchev–Trinajstić information content (AvgIpc) is 2.97. The zero-order valence-electron chi connectivity index (χ0n) is 12.2. The van der Waals surface area contributed by atoms with Gasteiger partial charge in [-0.05, 0) is 24.5 Å². The molecule has 2 aliphatic rings. The number of ether oxygens (including phenoxy) is 1. The minimum atomic E-state index is -0.984. The molecule has 0 aromatic heterocycles. The summed E-state index contributed by atoms with van der Waals surface area (Å²) in [5.41, 5.74) is 0.994. The van der Waals surface area contributed by atoms with E-state index >= 15 is 0 Å². The van der Waals surface area contributed by atoms with E-state index in [1.54, 1.807) is 11.8 Å². The number of aliphatic carboxylic acids is 1. The Hall–Kier alpha value is -1.53. The molecule has 0 aliphatic carbocycles. The predicted molar refractivity (Wildman–Crippen MR) is 83.0 cm³/mol. The first-order valence-electron chi connectivity index (χ1n) is 7.49. The van der Waals surface area contributed by atoms with E-state index in [1.165, 1.54) is 0 Å². The SMILES string of the molecule is O=C(NC(C(=O)O)C1CCCOC1)C1CSc2ccccc21. The number of carbonyl (C=O) groups excluding carboxylic acids is 1. The van der Waals surface area contributed by atoms with Crippen molar-refractivity contribution in [3.8, 4) is 0 Å². The highest BCUT2D eigenvalue weighted by molar-refractivity contribution is 7.99. The van der Waals surface area contributed by atoms with E-state index < -0.39 is 12.0 Å². The second-order valence-electron chi connectivity index (χ2n) is 5.70. The Balaban J connectivity index is 1.71. The average molecular weight is 321 g/mol. The van der Waals surface area contributed by atoms with Crippen molar-refractivity contribution in [2.75, 3.05) is 19.0 Å². The number of carbonyl (C=O) groups is 2. The fourth-order valence-corrected chi connectivity index (χ4v) is 4.27. The summed E-state index contributed by atoms with van der Waals surface area (Å²) in [6, 6.07) is 6.93. The molecule has 3 rings (SSSR count). The quantitative estimate of drug-likeness (QED) is 0.885. The van der Waals surface area contributed by atoms with E-state index in [2.05, 4.69) is 5.32 Å². The van der Waals surface area contributed by atoms with Crippen LogP contribution in [0.5, 0.6) is 0 Å². The third-order valence-electron chi connectivity index (χ3n) is 4.25. The van der Waals surface area contributed by atoms with Crippen LogP contribution in [0.4, 0.5) is 0 Å². The van der Waals surface area contributed by atoms with Crippen molar-refractivity contribution < 1.29 is 19.4 Å². The zero-order valence-corrected chi connectivity index (χ0v) is 13.0. The number of thioether (sulfide) groups is 1. The normalized spacial score (nSPS) is 25.3. The maximum absolute atomic E-state index is 12.5. The summed E-state index contributed by atoms with van der Waals surface area (Å²) in [4.78, 5) is 25.2. The fraction of sp³-hybridized carbons (Fsp3) is 0.500. The first-order valence-corrected chi connectivity index (χ1v) is 8.48.